The van der Waals surface area contributed by atoms with Crippen LogP contribution in [0.2, 0.25) is 0 Å². The van der Waals surface area contributed by atoms with Crippen molar-refractivity contribution in [2.45, 2.75) is 31.7 Å². The average molecular weight is 385 g/mol. The van der Waals surface area contributed by atoms with Crippen LogP contribution in [0.3, 0.4) is 0 Å². The number of carbonyl (C=O) groups is 1. The fourth-order valence-electron chi connectivity index (χ4n) is 4.51. The van der Waals surface area contributed by atoms with Crippen LogP contribution in [-0.4, -0.2) is 23.9 Å². The van der Waals surface area contributed by atoms with E-state index in [9.17, 15) is 4.79 Å². The highest BCUT2D eigenvalue weighted by Gasteiger charge is 2.39. The maximum Gasteiger partial charge on any atom is 0.221 e. The van der Waals surface area contributed by atoms with E-state index in [1.54, 1.807) is 6.92 Å². The molecular weight excluding hydrogens is 356 g/mol. The van der Waals surface area contributed by atoms with Crippen molar-refractivity contribution in [2.24, 2.45) is 0 Å². The van der Waals surface area contributed by atoms with E-state index in [4.69, 9.17) is 0 Å². The summed E-state index contributed by atoms with van der Waals surface area (Å²) in [6, 6.07) is 30.0. The Hall–Kier alpha value is -2.91. The van der Waals surface area contributed by atoms with E-state index < -0.39 is 0 Å². The Bertz CT molecular complexity index is 937. The van der Waals surface area contributed by atoms with Crippen LogP contribution in [0.1, 0.15) is 30.0 Å². The van der Waals surface area contributed by atoms with Gasteiger partial charge in [-0.3, -0.25) is 9.69 Å². The summed E-state index contributed by atoms with van der Waals surface area (Å²) in [5.74, 6) is -0.0355. The van der Waals surface area contributed by atoms with Gasteiger partial charge >= 0.3 is 0 Å². The number of nitrogens with one attached hydrogen (secondary N) is 1. The molecule has 1 saturated heterocycles. The highest BCUT2D eigenvalue weighted by molar-refractivity contribution is 5.88. The predicted octanol–water partition coefficient (Wildman–Crippen LogP) is 5.03. The summed E-state index contributed by atoms with van der Waals surface area (Å²) in [4.78, 5) is 13.9. The maximum atomic E-state index is 11.4. The Balaban J connectivity index is 1.59. The molecule has 0 spiro atoms. The number of hydrogen-bond acceptors (Lipinski definition) is 2. The summed E-state index contributed by atoms with van der Waals surface area (Å²) in [7, 11) is 0. The Morgan fingerprint density at radius 3 is 2.14 bits per heavy atom. The van der Waals surface area contributed by atoms with Crippen molar-refractivity contribution in [1.29, 1.82) is 0 Å². The molecule has 3 nitrogen and oxygen atoms in total. The molecule has 29 heavy (non-hydrogen) atoms. The molecule has 0 radical (unpaired) electrons. The summed E-state index contributed by atoms with van der Waals surface area (Å²) < 4.78 is 0. The largest absolute Gasteiger partial charge is 0.326 e. The molecule has 1 aliphatic heterocycles. The highest BCUT2D eigenvalue weighted by Crippen LogP contribution is 2.39. The first kappa shape index (κ1) is 19.4. The number of carbonyl (C=O) groups excluding carboxylic acids is 1. The van der Waals surface area contributed by atoms with Crippen molar-refractivity contribution < 1.29 is 4.79 Å². The lowest BCUT2D eigenvalue weighted by Gasteiger charge is -2.31. The van der Waals surface area contributed by atoms with Crippen LogP contribution in [0.15, 0.2) is 84.9 Å². The molecule has 1 fully saturated rings. The molecule has 148 valence electrons. The van der Waals surface area contributed by atoms with Gasteiger partial charge in [-0.1, -0.05) is 72.8 Å². The third-order valence-electron chi connectivity index (χ3n) is 5.88. The Kier molecular flexibility index (Phi) is 5.77. The monoisotopic (exact) mass is 384 g/mol. The number of rotatable bonds is 6. The number of benzene rings is 3. The van der Waals surface area contributed by atoms with Crippen molar-refractivity contribution >= 4 is 11.6 Å². The third kappa shape index (κ3) is 4.75. The molecule has 1 unspecified atom stereocenters. The molecule has 0 aromatic heterocycles. The first-order chi connectivity index (χ1) is 14.1. The fraction of sp³-hybridized carbons (Fsp3) is 0.269. The van der Waals surface area contributed by atoms with Crippen molar-refractivity contribution in [3.05, 3.63) is 102 Å². The molecule has 1 N–H and O–H groups in total. The molecule has 1 aliphatic rings. The minimum atomic E-state index is -0.0355. The van der Waals surface area contributed by atoms with Gasteiger partial charge in [-0.2, -0.15) is 0 Å². The molecule has 4 rings (SSSR count). The summed E-state index contributed by atoms with van der Waals surface area (Å²) >= 11 is 0. The van der Waals surface area contributed by atoms with Gasteiger partial charge in [0, 0.05) is 31.1 Å². The van der Waals surface area contributed by atoms with Gasteiger partial charge in [0.1, 0.15) is 0 Å². The molecule has 1 atom stereocenters. The standard InChI is InChI=1S/C26H28N2O/c1-21(29)27-25-14-12-24(13-15-25)26(18-22-8-4-2-5-9-22)16-17-28(20-26)19-23-10-6-3-7-11-23/h2-15H,16-20H2,1H3,(H,27,29). The molecule has 3 aromatic carbocycles. The topological polar surface area (TPSA) is 32.3 Å². The Morgan fingerprint density at radius 2 is 1.52 bits per heavy atom. The summed E-state index contributed by atoms with van der Waals surface area (Å²) in [6.45, 7) is 4.66. The summed E-state index contributed by atoms with van der Waals surface area (Å²) in [5.41, 5.74) is 5.04. The first-order valence-corrected chi connectivity index (χ1v) is 10.3. The normalized spacial score (nSPS) is 19.2. The summed E-state index contributed by atoms with van der Waals surface area (Å²) in [5, 5.41) is 2.88. The van der Waals surface area contributed by atoms with E-state index in [0.717, 1.165) is 38.2 Å². The van der Waals surface area contributed by atoms with Gasteiger partial charge < -0.3 is 5.32 Å². The van der Waals surface area contributed by atoms with E-state index in [-0.39, 0.29) is 11.3 Å². The van der Waals surface area contributed by atoms with Gasteiger partial charge in [-0.15, -0.1) is 0 Å². The lowest BCUT2D eigenvalue weighted by Crippen LogP contribution is -2.33. The summed E-state index contributed by atoms with van der Waals surface area (Å²) in [6.07, 6.45) is 2.16. The SMILES string of the molecule is CC(=O)Nc1ccc(C2(Cc3ccccc3)CCN(Cc3ccccc3)C2)cc1. The molecule has 3 heteroatoms. The van der Waals surface area contributed by atoms with Gasteiger partial charge in [-0.05, 0) is 48.2 Å². The van der Waals surface area contributed by atoms with E-state index >= 15 is 0 Å². The number of anilines is 1. The van der Waals surface area contributed by atoms with Crippen LogP contribution in [0, 0.1) is 0 Å². The van der Waals surface area contributed by atoms with Crippen molar-refractivity contribution in [3.8, 4) is 0 Å². The van der Waals surface area contributed by atoms with Crippen LogP contribution in [-0.2, 0) is 23.2 Å². The minimum Gasteiger partial charge on any atom is -0.326 e. The fourth-order valence-corrected chi connectivity index (χ4v) is 4.51. The lowest BCUT2D eigenvalue weighted by atomic mass is 9.75. The highest BCUT2D eigenvalue weighted by atomic mass is 16.1. The van der Waals surface area contributed by atoms with Crippen LogP contribution in [0.25, 0.3) is 0 Å². The lowest BCUT2D eigenvalue weighted by molar-refractivity contribution is -0.114. The van der Waals surface area contributed by atoms with Gasteiger partial charge in [0.25, 0.3) is 0 Å². The van der Waals surface area contributed by atoms with Crippen LogP contribution in [0.5, 0.6) is 0 Å². The van der Waals surface area contributed by atoms with Crippen LogP contribution in [0.4, 0.5) is 5.69 Å². The number of likely N-dealkylation sites (tertiary alicyclic amines) is 1. The molecule has 0 saturated carbocycles. The second kappa shape index (κ2) is 8.62. The van der Waals surface area contributed by atoms with E-state index in [0.29, 0.717) is 0 Å². The van der Waals surface area contributed by atoms with Gasteiger partial charge in [0.05, 0.1) is 0 Å². The average Bonchev–Trinajstić information content (AvgIpc) is 3.13. The predicted molar refractivity (Wildman–Crippen MR) is 119 cm³/mol. The number of amides is 1. The van der Waals surface area contributed by atoms with Gasteiger partial charge in [0.15, 0.2) is 0 Å². The Labute approximate surface area is 173 Å². The minimum absolute atomic E-state index is 0.0355. The van der Waals surface area contributed by atoms with E-state index in [1.165, 1.54) is 16.7 Å². The zero-order chi connectivity index (χ0) is 20.1. The first-order valence-electron chi connectivity index (χ1n) is 10.3. The van der Waals surface area contributed by atoms with Crippen molar-refractivity contribution in [1.82, 2.24) is 4.90 Å². The molecular formula is C26H28N2O. The van der Waals surface area contributed by atoms with Gasteiger partial charge in [0.2, 0.25) is 5.91 Å². The second-order valence-electron chi connectivity index (χ2n) is 8.15. The molecule has 1 amide bonds. The van der Waals surface area contributed by atoms with Crippen LogP contribution >= 0.6 is 0 Å². The quantitative estimate of drug-likeness (QED) is 0.646. The number of nitrogens with zero attached hydrogens (tertiary/aromatic N) is 1. The van der Waals surface area contributed by atoms with Crippen molar-refractivity contribution in [2.75, 3.05) is 18.4 Å². The van der Waals surface area contributed by atoms with E-state index in [1.807, 2.05) is 12.1 Å². The molecule has 0 bridgehead atoms. The maximum absolute atomic E-state index is 11.4. The van der Waals surface area contributed by atoms with Crippen molar-refractivity contribution in [3.63, 3.8) is 0 Å². The third-order valence-corrected chi connectivity index (χ3v) is 5.88. The number of hydrogen-bond donors (Lipinski definition) is 1. The zero-order valence-corrected chi connectivity index (χ0v) is 17.0. The van der Waals surface area contributed by atoms with E-state index in [2.05, 4.69) is 83.0 Å². The molecule has 0 aliphatic carbocycles. The molecule has 3 aromatic rings. The smallest absolute Gasteiger partial charge is 0.221 e. The molecule has 1 heterocycles. The second-order valence-corrected chi connectivity index (χ2v) is 8.15. The van der Waals surface area contributed by atoms with Gasteiger partial charge in [-0.25, -0.2) is 0 Å². The zero-order valence-electron chi connectivity index (χ0n) is 17.0. The Morgan fingerprint density at radius 1 is 0.897 bits per heavy atom. The van der Waals surface area contributed by atoms with Crippen LogP contribution < -0.4 is 5.32 Å².